The third-order valence-electron chi connectivity index (χ3n) is 7.54. The number of carbonyl (C=O) groups is 1. The second-order valence-electron chi connectivity index (χ2n) is 10.7. The Kier molecular flexibility index (Phi) is 11.3. The van der Waals surface area contributed by atoms with Gasteiger partial charge in [0.15, 0.2) is 11.6 Å². The summed E-state index contributed by atoms with van der Waals surface area (Å²) in [5.41, 5.74) is 16.1. The van der Waals surface area contributed by atoms with Crippen LogP contribution in [0.25, 0.3) is 10.4 Å². The SMILES string of the molecule is [N-]=[N+]=NCc1ccccc1C[C@]1(C(=O)NNCc2cccc(F)c2)N=C(c2ccc(OCCCO)cc2)O[C@H]1c1ccc(Cl)cc1Cl. The van der Waals surface area contributed by atoms with E-state index in [0.717, 1.165) is 0 Å². The molecule has 0 saturated carbocycles. The molecule has 2 atom stereocenters. The van der Waals surface area contributed by atoms with Crippen LogP contribution in [0.15, 0.2) is 101 Å². The lowest BCUT2D eigenvalue weighted by Crippen LogP contribution is -2.53. The molecule has 0 aliphatic carbocycles. The van der Waals surface area contributed by atoms with Crippen LogP contribution in [0.2, 0.25) is 10.0 Å². The summed E-state index contributed by atoms with van der Waals surface area (Å²) in [4.78, 5) is 22.4. The number of benzene rings is 4. The fraction of sp³-hybridized carbons (Fsp3) is 0.235. The van der Waals surface area contributed by atoms with Gasteiger partial charge in [-0.1, -0.05) is 70.8 Å². The zero-order valence-electron chi connectivity index (χ0n) is 25.1. The number of ether oxygens (including phenoxy) is 2. The molecule has 1 aliphatic heterocycles. The van der Waals surface area contributed by atoms with E-state index in [0.29, 0.717) is 51.6 Å². The molecular formula is C34H31Cl2FN6O4. The van der Waals surface area contributed by atoms with Gasteiger partial charge < -0.3 is 14.6 Å². The molecule has 0 radical (unpaired) electrons. The highest BCUT2D eigenvalue weighted by Gasteiger charge is 2.54. The lowest BCUT2D eigenvalue weighted by molar-refractivity contribution is -0.130. The molecule has 4 aromatic rings. The third-order valence-corrected chi connectivity index (χ3v) is 8.10. The Hall–Kier alpha value is -4.64. The maximum Gasteiger partial charge on any atom is 0.266 e. The Labute approximate surface area is 280 Å². The summed E-state index contributed by atoms with van der Waals surface area (Å²) in [7, 11) is 0. The van der Waals surface area contributed by atoms with Crippen molar-refractivity contribution in [1.82, 2.24) is 10.9 Å². The molecule has 0 unspecified atom stereocenters. The molecule has 0 bridgehead atoms. The molecule has 5 rings (SSSR count). The molecular weight excluding hydrogens is 646 g/mol. The number of rotatable bonds is 14. The average Bonchev–Trinajstić information content (AvgIpc) is 3.45. The summed E-state index contributed by atoms with van der Waals surface area (Å²) >= 11 is 13.0. The summed E-state index contributed by atoms with van der Waals surface area (Å²) in [5, 5.41) is 13.5. The van der Waals surface area contributed by atoms with E-state index in [4.69, 9.17) is 48.3 Å². The van der Waals surface area contributed by atoms with Crippen molar-refractivity contribution in [3.8, 4) is 5.75 Å². The van der Waals surface area contributed by atoms with Crippen LogP contribution in [-0.4, -0.2) is 35.7 Å². The molecule has 10 nitrogen and oxygen atoms in total. The van der Waals surface area contributed by atoms with Gasteiger partial charge in [-0.3, -0.25) is 10.2 Å². The number of amides is 1. The van der Waals surface area contributed by atoms with Crippen molar-refractivity contribution in [3.05, 3.63) is 145 Å². The highest BCUT2D eigenvalue weighted by atomic mass is 35.5. The molecule has 0 spiro atoms. The molecule has 242 valence electrons. The number of nitrogens with one attached hydrogen (secondary N) is 2. The number of hydrazine groups is 1. The van der Waals surface area contributed by atoms with E-state index in [2.05, 4.69) is 20.9 Å². The predicted molar refractivity (Wildman–Crippen MR) is 178 cm³/mol. The maximum atomic E-state index is 14.5. The van der Waals surface area contributed by atoms with Crippen molar-refractivity contribution in [2.24, 2.45) is 10.1 Å². The fourth-order valence-corrected chi connectivity index (χ4v) is 5.75. The number of aliphatic imine (C=N–C) groups is 1. The van der Waals surface area contributed by atoms with Crippen LogP contribution in [0.3, 0.4) is 0 Å². The molecule has 0 aromatic heterocycles. The molecule has 1 aliphatic rings. The summed E-state index contributed by atoms with van der Waals surface area (Å²) in [6.45, 7) is 0.564. The molecule has 13 heteroatoms. The fourth-order valence-electron chi connectivity index (χ4n) is 5.24. The van der Waals surface area contributed by atoms with Gasteiger partial charge in [-0.05, 0) is 70.8 Å². The zero-order valence-corrected chi connectivity index (χ0v) is 26.6. The number of azide groups is 1. The zero-order chi connectivity index (χ0) is 33.2. The molecule has 0 saturated heterocycles. The van der Waals surface area contributed by atoms with Crippen molar-refractivity contribution < 1.29 is 23.8 Å². The number of hydrogen-bond acceptors (Lipinski definition) is 7. The molecule has 47 heavy (non-hydrogen) atoms. The lowest BCUT2D eigenvalue weighted by atomic mass is 9.81. The molecule has 1 amide bonds. The maximum absolute atomic E-state index is 14.5. The van der Waals surface area contributed by atoms with Gasteiger partial charge in [0.1, 0.15) is 11.6 Å². The van der Waals surface area contributed by atoms with Crippen molar-refractivity contribution in [1.29, 1.82) is 0 Å². The number of hydrogen-bond donors (Lipinski definition) is 3. The first-order chi connectivity index (χ1) is 22.8. The molecule has 0 fully saturated rings. The van der Waals surface area contributed by atoms with Crippen molar-refractivity contribution in [3.63, 3.8) is 0 Å². The van der Waals surface area contributed by atoms with E-state index in [-0.39, 0.29) is 37.0 Å². The van der Waals surface area contributed by atoms with E-state index >= 15 is 0 Å². The smallest absolute Gasteiger partial charge is 0.266 e. The first kappa shape index (κ1) is 33.7. The normalized spacial score (nSPS) is 16.9. The molecule has 1 heterocycles. The van der Waals surface area contributed by atoms with Crippen molar-refractivity contribution >= 4 is 35.0 Å². The Morgan fingerprint density at radius 1 is 1.06 bits per heavy atom. The van der Waals surface area contributed by atoms with E-state index in [1.54, 1.807) is 54.6 Å². The van der Waals surface area contributed by atoms with E-state index in [9.17, 15) is 9.18 Å². The van der Waals surface area contributed by atoms with Crippen molar-refractivity contribution in [2.75, 3.05) is 13.2 Å². The van der Waals surface area contributed by atoms with Gasteiger partial charge in [-0.15, -0.1) is 0 Å². The minimum atomic E-state index is -1.63. The average molecular weight is 678 g/mol. The molecule has 4 aromatic carbocycles. The van der Waals surface area contributed by atoms with Crippen LogP contribution in [-0.2, 0) is 29.0 Å². The largest absolute Gasteiger partial charge is 0.494 e. The Morgan fingerprint density at radius 3 is 2.57 bits per heavy atom. The van der Waals surface area contributed by atoms with Gasteiger partial charge in [-0.2, -0.15) is 0 Å². The first-order valence-corrected chi connectivity index (χ1v) is 15.5. The van der Waals surface area contributed by atoms with Crippen LogP contribution < -0.4 is 15.6 Å². The van der Waals surface area contributed by atoms with Crippen LogP contribution >= 0.6 is 23.2 Å². The van der Waals surface area contributed by atoms with Crippen molar-refractivity contribution in [2.45, 2.75) is 37.6 Å². The number of carbonyl (C=O) groups excluding carboxylic acids is 1. The van der Waals surface area contributed by atoms with E-state index in [1.165, 1.54) is 12.1 Å². The molecule has 3 N–H and O–H groups in total. The summed E-state index contributed by atoms with van der Waals surface area (Å²) in [5.74, 6) is -0.154. The third kappa shape index (κ3) is 8.21. The van der Waals surface area contributed by atoms with Crippen LogP contribution in [0.4, 0.5) is 4.39 Å². The van der Waals surface area contributed by atoms with Crippen LogP contribution in [0.5, 0.6) is 5.75 Å². The van der Waals surface area contributed by atoms with E-state index < -0.39 is 23.4 Å². The van der Waals surface area contributed by atoms with Gasteiger partial charge in [0.2, 0.25) is 5.90 Å². The van der Waals surface area contributed by atoms with Gasteiger partial charge in [0.05, 0.1) is 13.2 Å². The lowest BCUT2D eigenvalue weighted by Gasteiger charge is -2.32. The summed E-state index contributed by atoms with van der Waals surface area (Å²) < 4.78 is 26.0. The first-order valence-electron chi connectivity index (χ1n) is 14.7. The number of nitrogens with zero attached hydrogens (tertiary/aromatic N) is 4. The minimum Gasteiger partial charge on any atom is -0.494 e. The Bertz CT molecular complexity index is 1800. The number of halogens is 3. The van der Waals surface area contributed by atoms with Crippen LogP contribution in [0, 0.1) is 5.82 Å². The standard InChI is InChI=1S/C34H31Cl2FN6O4/c35-26-11-14-29(30(36)18-26)31-34(19-24-6-1-2-7-25(24)21-40-43-38,33(45)42-39-20-22-5-3-8-27(37)17-22)41-32(47-31)23-9-12-28(13-10-23)46-16-4-15-44/h1-3,5-14,17-18,31,39,44H,4,15-16,19-21H2,(H,42,45)/t31-,34-/m0/s1. The van der Waals surface area contributed by atoms with Gasteiger partial charge in [0, 0.05) is 52.1 Å². The Morgan fingerprint density at radius 2 is 1.85 bits per heavy atom. The van der Waals surface area contributed by atoms with Gasteiger partial charge in [-0.25, -0.2) is 14.8 Å². The quantitative estimate of drug-likeness (QED) is 0.0433. The second kappa shape index (κ2) is 15.8. The summed E-state index contributed by atoms with van der Waals surface area (Å²) in [6.07, 6.45) is -0.494. The van der Waals surface area contributed by atoms with Crippen LogP contribution in [0.1, 0.15) is 40.3 Å². The Balaban J connectivity index is 1.58. The highest BCUT2D eigenvalue weighted by Crippen LogP contribution is 2.45. The number of aliphatic hydroxyl groups is 1. The van der Waals surface area contributed by atoms with Gasteiger partial charge >= 0.3 is 0 Å². The number of aliphatic hydroxyl groups excluding tert-OH is 1. The highest BCUT2D eigenvalue weighted by molar-refractivity contribution is 6.35. The van der Waals surface area contributed by atoms with E-state index in [1.807, 2.05) is 24.3 Å². The van der Waals surface area contributed by atoms with Gasteiger partial charge in [0.25, 0.3) is 5.91 Å². The summed E-state index contributed by atoms with van der Waals surface area (Å²) in [6, 6.07) is 25.2. The predicted octanol–water partition coefficient (Wildman–Crippen LogP) is 7.02. The topological polar surface area (TPSA) is 141 Å². The minimum absolute atomic E-state index is 0.0185. The second-order valence-corrected chi connectivity index (χ2v) is 11.6. The monoisotopic (exact) mass is 676 g/mol.